The summed E-state index contributed by atoms with van der Waals surface area (Å²) in [6, 6.07) is 0. The van der Waals surface area contributed by atoms with Crippen LogP contribution in [0.1, 0.15) is 33.1 Å². The first-order valence-electron chi connectivity index (χ1n) is 4.48. The second kappa shape index (κ2) is 7.14. The van der Waals surface area contributed by atoms with Gasteiger partial charge in [0.2, 0.25) is 0 Å². The lowest BCUT2D eigenvalue weighted by Crippen LogP contribution is -2.30. The van der Waals surface area contributed by atoms with Crippen LogP contribution < -0.4 is 0 Å². The summed E-state index contributed by atoms with van der Waals surface area (Å²) in [4.78, 5) is 25.8. The average Bonchev–Trinajstić information content (AvgIpc) is 2.15. The molecule has 1 amide bonds. The van der Waals surface area contributed by atoms with Crippen LogP contribution in [0.2, 0.25) is 0 Å². The highest BCUT2D eigenvalue weighted by Gasteiger charge is 2.16. The number of ether oxygens (including phenoxy) is 1. The monoisotopic (exact) mass is 205 g/mol. The number of amides is 1. The van der Waals surface area contributed by atoms with Crippen molar-refractivity contribution in [1.29, 1.82) is 0 Å². The fourth-order valence-electron chi connectivity index (χ4n) is 0.643. The molecule has 0 aromatic rings. The molecule has 0 radical (unpaired) electrons. The molecule has 0 fully saturated rings. The Labute approximate surface area is 82.3 Å². The van der Waals surface area contributed by atoms with Gasteiger partial charge in [-0.2, -0.15) is 0 Å². The molecule has 14 heavy (non-hydrogen) atoms. The lowest BCUT2D eigenvalue weighted by molar-refractivity contribution is -0.289. The van der Waals surface area contributed by atoms with E-state index >= 15 is 0 Å². The SMILES string of the molecule is CCCOC(=O)ON(O)C(=O)CCC. The van der Waals surface area contributed by atoms with Crippen molar-refractivity contribution >= 4 is 12.1 Å². The minimum atomic E-state index is -1.08. The molecule has 0 aliphatic heterocycles. The molecule has 0 unspecified atom stereocenters. The van der Waals surface area contributed by atoms with E-state index in [4.69, 9.17) is 5.21 Å². The highest BCUT2D eigenvalue weighted by atomic mass is 16.9. The molecule has 0 rings (SSSR count). The van der Waals surface area contributed by atoms with Gasteiger partial charge in [0.1, 0.15) is 0 Å². The molecule has 0 saturated heterocycles. The number of hydrogen-bond acceptors (Lipinski definition) is 5. The maximum atomic E-state index is 10.9. The molecule has 6 heteroatoms. The first-order valence-corrected chi connectivity index (χ1v) is 4.48. The van der Waals surface area contributed by atoms with Crippen molar-refractivity contribution in [3.8, 4) is 0 Å². The van der Waals surface area contributed by atoms with E-state index in [1.54, 1.807) is 6.92 Å². The lowest BCUT2D eigenvalue weighted by atomic mass is 10.3. The minimum absolute atomic E-state index is 0.0957. The van der Waals surface area contributed by atoms with Gasteiger partial charge in [-0.1, -0.05) is 13.8 Å². The molecule has 0 atom stereocenters. The van der Waals surface area contributed by atoms with Gasteiger partial charge in [-0.3, -0.25) is 14.8 Å². The topological polar surface area (TPSA) is 76.1 Å². The van der Waals surface area contributed by atoms with Gasteiger partial charge in [0.25, 0.3) is 5.91 Å². The number of nitrogens with zero attached hydrogens (tertiary/aromatic N) is 1. The van der Waals surface area contributed by atoms with Crippen molar-refractivity contribution in [3.63, 3.8) is 0 Å². The van der Waals surface area contributed by atoms with E-state index in [9.17, 15) is 9.59 Å². The second-order valence-corrected chi connectivity index (χ2v) is 2.61. The zero-order valence-electron chi connectivity index (χ0n) is 8.36. The highest BCUT2D eigenvalue weighted by molar-refractivity contribution is 5.75. The second-order valence-electron chi connectivity index (χ2n) is 2.61. The number of carbonyl (C=O) groups excluding carboxylic acids is 2. The summed E-state index contributed by atoms with van der Waals surface area (Å²) in [5.41, 5.74) is 0. The Balaban J connectivity index is 3.75. The number of rotatable bonds is 4. The third-order valence-electron chi connectivity index (χ3n) is 1.26. The van der Waals surface area contributed by atoms with E-state index in [1.165, 1.54) is 0 Å². The average molecular weight is 205 g/mol. The summed E-state index contributed by atoms with van der Waals surface area (Å²) in [5.74, 6) is -0.680. The number of hydroxylamine groups is 2. The van der Waals surface area contributed by atoms with Gasteiger partial charge >= 0.3 is 6.16 Å². The number of carbonyl (C=O) groups is 2. The van der Waals surface area contributed by atoms with Gasteiger partial charge in [-0.25, -0.2) is 4.79 Å². The maximum absolute atomic E-state index is 10.9. The predicted molar refractivity (Wildman–Crippen MR) is 46.3 cm³/mol. The number of hydrogen-bond donors (Lipinski definition) is 1. The van der Waals surface area contributed by atoms with E-state index in [0.29, 0.717) is 12.8 Å². The van der Waals surface area contributed by atoms with E-state index < -0.39 is 12.1 Å². The Bertz CT molecular complexity index is 194. The molecule has 0 aliphatic carbocycles. The summed E-state index contributed by atoms with van der Waals surface area (Å²) < 4.78 is 4.48. The van der Waals surface area contributed by atoms with Crippen LogP contribution in [0.25, 0.3) is 0 Å². The lowest BCUT2D eigenvalue weighted by Gasteiger charge is -2.12. The van der Waals surface area contributed by atoms with Crippen LogP contribution in [-0.4, -0.2) is 29.1 Å². The zero-order valence-corrected chi connectivity index (χ0v) is 8.36. The third kappa shape index (κ3) is 5.36. The molecule has 6 nitrogen and oxygen atoms in total. The Hall–Kier alpha value is -1.30. The fourth-order valence-corrected chi connectivity index (χ4v) is 0.643. The van der Waals surface area contributed by atoms with Gasteiger partial charge < -0.3 is 4.74 Å². The normalized spacial score (nSPS) is 9.36. The summed E-state index contributed by atoms with van der Waals surface area (Å²) in [5, 5.41) is 8.78. The fraction of sp³-hybridized carbons (Fsp3) is 0.750. The highest BCUT2D eigenvalue weighted by Crippen LogP contribution is 1.97. The zero-order chi connectivity index (χ0) is 11.0. The molecule has 0 aromatic heterocycles. The smallest absolute Gasteiger partial charge is 0.433 e. The van der Waals surface area contributed by atoms with Gasteiger partial charge in [-0.15, -0.1) is 0 Å². The van der Waals surface area contributed by atoms with Gasteiger partial charge in [0.05, 0.1) is 6.61 Å². The predicted octanol–water partition coefficient (Wildman–Crippen LogP) is 1.48. The Morgan fingerprint density at radius 3 is 2.43 bits per heavy atom. The maximum Gasteiger partial charge on any atom is 0.535 e. The largest absolute Gasteiger partial charge is 0.535 e. The summed E-state index contributed by atoms with van der Waals surface area (Å²) in [6.07, 6.45) is 0.225. The molecule has 0 saturated carbocycles. The Morgan fingerprint density at radius 1 is 1.29 bits per heavy atom. The summed E-state index contributed by atoms with van der Waals surface area (Å²) in [7, 11) is 0. The van der Waals surface area contributed by atoms with E-state index in [-0.39, 0.29) is 18.3 Å². The molecule has 0 spiro atoms. The van der Waals surface area contributed by atoms with Crippen LogP contribution in [0.3, 0.4) is 0 Å². The van der Waals surface area contributed by atoms with E-state index in [1.807, 2.05) is 6.92 Å². The van der Waals surface area contributed by atoms with Crippen LogP contribution in [0, 0.1) is 0 Å². The van der Waals surface area contributed by atoms with Crippen LogP contribution in [-0.2, 0) is 14.4 Å². The van der Waals surface area contributed by atoms with E-state index in [0.717, 1.165) is 0 Å². The first-order chi connectivity index (χ1) is 6.61. The summed E-state index contributed by atoms with van der Waals surface area (Å²) >= 11 is 0. The quantitative estimate of drug-likeness (QED) is 0.427. The van der Waals surface area contributed by atoms with E-state index in [2.05, 4.69) is 9.57 Å². The molecule has 0 bridgehead atoms. The van der Waals surface area contributed by atoms with Gasteiger partial charge in [-0.05, 0) is 18.1 Å². The van der Waals surface area contributed by atoms with Crippen LogP contribution in [0.5, 0.6) is 0 Å². The van der Waals surface area contributed by atoms with Crippen molar-refractivity contribution in [1.82, 2.24) is 5.23 Å². The van der Waals surface area contributed by atoms with Crippen molar-refractivity contribution < 1.29 is 24.4 Å². The van der Waals surface area contributed by atoms with Crippen LogP contribution >= 0.6 is 0 Å². The van der Waals surface area contributed by atoms with Crippen molar-refractivity contribution in [2.75, 3.05) is 6.61 Å². The molecule has 82 valence electrons. The standard InChI is InChI=1S/C8H15NO5/c1-3-5-7(10)9(12)14-8(11)13-6-4-2/h12H,3-6H2,1-2H3. The molecule has 0 aromatic carbocycles. The molecular formula is C8H15NO5. The molecule has 0 heterocycles. The first kappa shape index (κ1) is 12.7. The van der Waals surface area contributed by atoms with Crippen molar-refractivity contribution in [3.05, 3.63) is 0 Å². The van der Waals surface area contributed by atoms with Crippen molar-refractivity contribution in [2.45, 2.75) is 33.1 Å². The molecule has 0 aliphatic rings. The molecular weight excluding hydrogens is 190 g/mol. The van der Waals surface area contributed by atoms with Crippen molar-refractivity contribution in [2.24, 2.45) is 0 Å². The summed E-state index contributed by atoms with van der Waals surface area (Å²) in [6.45, 7) is 3.77. The third-order valence-corrected chi connectivity index (χ3v) is 1.26. The van der Waals surface area contributed by atoms with Gasteiger partial charge in [0, 0.05) is 6.42 Å². The van der Waals surface area contributed by atoms with Crippen LogP contribution in [0.15, 0.2) is 0 Å². The minimum Gasteiger partial charge on any atom is -0.433 e. The van der Waals surface area contributed by atoms with Crippen LogP contribution in [0.4, 0.5) is 4.79 Å². The van der Waals surface area contributed by atoms with Gasteiger partial charge in [0.15, 0.2) is 0 Å². The Morgan fingerprint density at radius 2 is 1.93 bits per heavy atom. The Kier molecular flexibility index (Phi) is 6.47. The molecule has 1 N–H and O–H groups in total.